The fraction of sp³-hybridized carbons (Fsp3) is 0.500. The van der Waals surface area contributed by atoms with Crippen LogP contribution in [0.1, 0.15) is 36.9 Å². The summed E-state index contributed by atoms with van der Waals surface area (Å²) in [7, 11) is 0. The Hall–Kier alpha value is -2.42. The lowest BCUT2D eigenvalue weighted by Crippen LogP contribution is -2.38. The minimum Gasteiger partial charge on any atom is -0.507 e. The van der Waals surface area contributed by atoms with E-state index in [4.69, 9.17) is 5.73 Å². The molecule has 1 aromatic carbocycles. The van der Waals surface area contributed by atoms with Gasteiger partial charge in [0.2, 0.25) is 5.95 Å². The highest BCUT2D eigenvalue weighted by Crippen LogP contribution is 2.42. The number of benzene rings is 1. The predicted molar refractivity (Wildman–Crippen MR) is 95.1 cm³/mol. The molecular weight excluding hydrogens is 359 g/mol. The first-order chi connectivity index (χ1) is 12.7. The number of aromatic nitrogens is 3. The van der Waals surface area contributed by atoms with Crippen molar-refractivity contribution in [3.05, 3.63) is 29.5 Å². The number of anilines is 1. The van der Waals surface area contributed by atoms with Crippen molar-refractivity contribution in [1.82, 2.24) is 15.2 Å². The van der Waals surface area contributed by atoms with Crippen LogP contribution in [0.5, 0.6) is 5.75 Å². The molecule has 0 aliphatic heterocycles. The second kappa shape index (κ2) is 7.30. The lowest BCUT2D eigenvalue weighted by atomic mass is 9.67. The molecule has 0 unspecified atom stereocenters. The Labute approximate surface area is 155 Å². The number of rotatable bonds is 6. The van der Waals surface area contributed by atoms with E-state index in [1.807, 2.05) is 0 Å². The summed E-state index contributed by atoms with van der Waals surface area (Å²) in [6.45, 7) is 3.00. The Morgan fingerprint density at radius 3 is 2.52 bits per heavy atom. The highest BCUT2D eigenvalue weighted by molar-refractivity contribution is 5.69. The molecule has 0 atom stereocenters. The van der Waals surface area contributed by atoms with Gasteiger partial charge in [-0.15, -0.1) is 10.2 Å². The maximum Gasteiger partial charge on any atom is 0.416 e. The number of aryl methyl sites for hydroxylation is 1. The van der Waals surface area contributed by atoms with Crippen molar-refractivity contribution in [2.75, 3.05) is 18.4 Å². The average Bonchev–Trinajstić information content (AvgIpc) is 2.57. The van der Waals surface area contributed by atoms with Crippen molar-refractivity contribution in [2.45, 2.75) is 38.8 Å². The van der Waals surface area contributed by atoms with Crippen molar-refractivity contribution >= 4 is 5.95 Å². The summed E-state index contributed by atoms with van der Waals surface area (Å²) in [5.74, 6) is -0.172. The molecule has 3 rings (SSSR count). The van der Waals surface area contributed by atoms with Gasteiger partial charge in [-0.25, -0.2) is 4.98 Å². The van der Waals surface area contributed by atoms with E-state index in [1.54, 1.807) is 6.92 Å². The second-order valence-electron chi connectivity index (χ2n) is 7.03. The lowest BCUT2D eigenvalue weighted by molar-refractivity contribution is -0.137. The molecule has 2 aromatic rings. The predicted octanol–water partition coefficient (Wildman–Crippen LogP) is 3.50. The molecule has 9 heteroatoms. The quantitative estimate of drug-likeness (QED) is 0.709. The number of phenols is 1. The minimum absolute atomic E-state index is 0.156. The van der Waals surface area contributed by atoms with Gasteiger partial charge in [0.15, 0.2) is 0 Å². The fourth-order valence-corrected chi connectivity index (χ4v) is 3.31. The van der Waals surface area contributed by atoms with Crippen LogP contribution in [0.4, 0.5) is 19.1 Å². The molecular formula is C18H22F3N5O. The summed E-state index contributed by atoms with van der Waals surface area (Å²) in [5.41, 5.74) is 5.98. The number of nitrogens with zero attached hydrogens (tertiary/aromatic N) is 3. The molecule has 1 saturated carbocycles. The molecule has 1 aromatic heterocycles. The summed E-state index contributed by atoms with van der Waals surface area (Å²) in [4.78, 5) is 4.30. The number of nitrogens with one attached hydrogen (secondary N) is 1. The Bertz CT molecular complexity index is 816. The van der Waals surface area contributed by atoms with Crippen molar-refractivity contribution in [3.63, 3.8) is 0 Å². The van der Waals surface area contributed by atoms with Crippen molar-refractivity contribution in [2.24, 2.45) is 11.1 Å². The topological polar surface area (TPSA) is 97.0 Å². The summed E-state index contributed by atoms with van der Waals surface area (Å²) in [5, 5.41) is 21.1. The van der Waals surface area contributed by atoms with Gasteiger partial charge in [0.25, 0.3) is 0 Å². The lowest BCUT2D eigenvalue weighted by Gasteiger charge is -2.41. The molecule has 0 bridgehead atoms. The number of halogens is 3. The second-order valence-corrected chi connectivity index (χ2v) is 7.03. The molecule has 4 N–H and O–H groups in total. The molecule has 0 spiro atoms. The molecule has 0 radical (unpaired) electrons. The van der Waals surface area contributed by atoms with E-state index < -0.39 is 17.5 Å². The van der Waals surface area contributed by atoms with Gasteiger partial charge in [-0.3, -0.25) is 0 Å². The smallest absolute Gasteiger partial charge is 0.416 e. The molecule has 27 heavy (non-hydrogen) atoms. The van der Waals surface area contributed by atoms with Crippen LogP contribution in [0, 0.1) is 12.3 Å². The summed E-state index contributed by atoms with van der Waals surface area (Å²) in [6.07, 6.45) is -0.123. The number of hydrogen-bond acceptors (Lipinski definition) is 6. The van der Waals surface area contributed by atoms with Gasteiger partial charge in [-0.05, 0) is 56.3 Å². The van der Waals surface area contributed by atoms with Gasteiger partial charge in [-0.2, -0.15) is 13.2 Å². The molecule has 146 valence electrons. The SMILES string of the molecule is Cc1nc(NCCC2(CN)CCC2)nnc1-c1ccc(C(F)(F)F)cc1O. The summed E-state index contributed by atoms with van der Waals surface area (Å²) < 4.78 is 38.2. The maximum atomic E-state index is 12.7. The van der Waals surface area contributed by atoms with Crippen molar-refractivity contribution in [1.29, 1.82) is 0 Å². The zero-order valence-electron chi connectivity index (χ0n) is 15.0. The third-order valence-electron chi connectivity index (χ3n) is 5.23. The van der Waals surface area contributed by atoms with Gasteiger partial charge in [0.05, 0.1) is 11.3 Å². The van der Waals surface area contributed by atoms with E-state index in [0.29, 0.717) is 30.8 Å². The summed E-state index contributed by atoms with van der Waals surface area (Å²) in [6, 6.07) is 2.74. The average molecular weight is 381 g/mol. The number of hydrogen-bond donors (Lipinski definition) is 3. The third-order valence-corrected chi connectivity index (χ3v) is 5.23. The number of phenolic OH excluding ortho intramolecular Hbond substituents is 1. The van der Waals surface area contributed by atoms with Crippen LogP contribution in [0.15, 0.2) is 18.2 Å². The Kier molecular flexibility index (Phi) is 5.23. The normalized spacial score (nSPS) is 16.0. The van der Waals surface area contributed by atoms with Crippen LogP contribution in [0.3, 0.4) is 0 Å². The number of alkyl halides is 3. The first-order valence-electron chi connectivity index (χ1n) is 8.80. The van der Waals surface area contributed by atoms with Gasteiger partial charge in [0, 0.05) is 12.1 Å². The van der Waals surface area contributed by atoms with Gasteiger partial charge < -0.3 is 16.2 Å². The monoisotopic (exact) mass is 381 g/mol. The van der Waals surface area contributed by atoms with Crippen LogP contribution < -0.4 is 11.1 Å². The number of aromatic hydroxyl groups is 1. The zero-order chi connectivity index (χ0) is 19.7. The Balaban J connectivity index is 1.71. The molecule has 0 saturated heterocycles. The highest BCUT2D eigenvalue weighted by atomic mass is 19.4. The van der Waals surface area contributed by atoms with E-state index in [1.165, 1.54) is 12.5 Å². The van der Waals surface area contributed by atoms with Gasteiger partial charge in [-0.1, -0.05) is 6.42 Å². The van der Waals surface area contributed by atoms with Crippen molar-refractivity contribution in [3.8, 4) is 17.0 Å². The van der Waals surface area contributed by atoms with Crippen molar-refractivity contribution < 1.29 is 18.3 Å². The molecule has 0 amide bonds. The van der Waals surface area contributed by atoms with Gasteiger partial charge >= 0.3 is 6.18 Å². The van der Waals surface area contributed by atoms with E-state index >= 15 is 0 Å². The largest absolute Gasteiger partial charge is 0.507 e. The Morgan fingerprint density at radius 1 is 1.26 bits per heavy atom. The molecule has 1 aliphatic carbocycles. The van der Waals surface area contributed by atoms with Gasteiger partial charge in [0.1, 0.15) is 11.4 Å². The zero-order valence-corrected chi connectivity index (χ0v) is 15.0. The fourth-order valence-electron chi connectivity index (χ4n) is 3.31. The maximum absolute atomic E-state index is 12.7. The molecule has 1 fully saturated rings. The standard InChI is InChI=1S/C18H22F3N5O/c1-11-15(13-4-3-12(9-14(13)27)18(19,20)21)25-26-16(24-11)23-8-7-17(10-22)5-2-6-17/h3-4,9,27H,2,5-8,10,22H2,1H3,(H,23,24,26). The first-order valence-corrected chi connectivity index (χ1v) is 8.80. The Morgan fingerprint density at radius 2 is 2.00 bits per heavy atom. The molecule has 1 heterocycles. The van der Waals surface area contributed by atoms with E-state index in [2.05, 4.69) is 20.5 Å². The molecule has 1 aliphatic rings. The van der Waals surface area contributed by atoms with Crippen LogP contribution in [-0.4, -0.2) is 33.4 Å². The van der Waals surface area contributed by atoms with E-state index in [-0.39, 0.29) is 16.7 Å². The number of nitrogens with two attached hydrogens (primary N) is 1. The van der Waals surface area contributed by atoms with Crippen LogP contribution >= 0.6 is 0 Å². The third kappa shape index (κ3) is 4.13. The molecule has 6 nitrogen and oxygen atoms in total. The highest BCUT2D eigenvalue weighted by Gasteiger charge is 2.35. The van der Waals surface area contributed by atoms with Crippen LogP contribution in [-0.2, 0) is 6.18 Å². The van der Waals surface area contributed by atoms with E-state index in [9.17, 15) is 18.3 Å². The minimum atomic E-state index is -4.52. The first kappa shape index (κ1) is 19.3. The van der Waals surface area contributed by atoms with Crippen LogP contribution in [0.25, 0.3) is 11.3 Å². The van der Waals surface area contributed by atoms with E-state index in [0.717, 1.165) is 25.3 Å². The van der Waals surface area contributed by atoms with Crippen LogP contribution in [0.2, 0.25) is 0 Å². The summed E-state index contributed by atoms with van der Waals surface area (Å²) >= 11 is 0.